The Labute approximate surface area is 106 Å². The van der Waals surface area contributed by atoms with Crippen LogP contribution in [0.2, 0.25) is 0 Å². The summed E-state index contributed by atoms with van der Waals surface area (Å²) in [6.45, 7) is 4.17. The molecule has 92 valence electrons. The lowest BCUT2D eigenvalue weighted by molar-refractivity contribution is 0.443. The Kier molecular flexibility index (Phi) is 3.58. The molecule has 0 spiro atoms. The van der Waals surface area contributed by atoms with Gasteiger partial charge < -0.3 is 5.32 Å². The van der Waals surface area contributed by atoms with E-state index in [4.69, 9.17) is 5.26 Å². The van der Waals surface area contributed by atoms with Crippen LogP contribution in [-0.2, 0) is 0 Å². The van der Waals surface area contributed by atoms with Gasteiger partial charge >= 0.3 is 0 Å². The standard InChI is InChI=1S/C13H15N5/c1-10(11(2)18-7-3-6-16-18)17-13-5-4-12(8-14)9-15-13/h3-7,9-11H,1-2H3,(H,15,17)/t10-,11+/m1/s1. The van der Waals surface area contributed by atoms with E-state index in [0.29, 0.717) is 5.56 Å². The molecule has 5 heteroatoms. The number of pyridine rings is 1. The molecular weight excluding hydrogens is 226 g/mol. The fourth-order valence-electron chi connectivity index (χ4n) is 1.65. The summed E-state index contributed by atoms with van der Waals surface area (Å²) >= 11 is 0. The van der Waals surface area contributed by atoms with Crippen LogP contribution in [0.4, 0.5) is 5.82 Å². The summed E-state index contributed by atoms with van der Waals surface area (Å²) in [5, 5.41) is 16.2. The summed E-state index contributed by atoms with van der Waals surface area (Å²) in [5.74, 6) is 0.764. The van der Waals surface area contributed by atoms with Gasteiger partial charge in [-0.15, -0.1) is 0 Å². The van der Waals surface area contributed by atoms with Crippen molar-refractivity contribution in [1.82, 2.24) is 14.8 Å². The van der Waals surface area contributed by atoms with Crippen molar-refractivity contribution in [1.29, 1.82) is 5.26 Å². The Bertz CT molecular complexity index is 524. The van der Waals surface area contributed by atoms with E-state index in [1.807, 2.05) is 29.1 Å². The van der Waals surface area contributed by atoms with Gasteiger partial charge in [-0.1, -0.05) is 0 Å². The van der Waals surface area contributed by atoms with Crippen LogP contribution in [0.5, 0.6) is 0 Å². The maximum atomic E-state index is 8.70. The maximum absolute atomic E-state index is 8.70. The van der Waals surface area contributed by atoms with E-state index in [-0.39, 0.29) is 12.1 Å². The Morgan fingerprint density at radius 2 is 2.22 bits per heavy atom. The van der Waals surface area contributed by atoms with Crippen molar-refractivity contribution in [3.63, 3.8) is 0 Å². The molecular formula is C13H15N5. The van der Waals surface area contributed by atoms with E-state index in [1.165, 1.54) is 0 Å². The summed E-state index contributed by atoms with van der Waals surface area (Å²) < 4.78 is 1.90. The van der Waals surface area contributed by atoms with Gasteiger partial charge in [-0.2, -0.15) is 10.4 Å². The fourth-order valence-corrected chi connectivity index (χ4v) is 1.65. The molecule has 0 unspecified atom stereocenters. The highest BCUT2D eigenvalue weighted by Crippen LogP contribution is 2.14. The summed E-state index contributed by atoms with van der Waals surface area (Å²) in [5.41, 5.74) is 0.563. The van der Waals surface area contributed by atoms with Gasteiger partial charge in [0.1, 0.15) is 11.9 Å². The molecule has 2 heterocycles. The molecule has 2 aromatic rings. The smallest absolute Gasteiger partial charge is 0.126 e. The van der Waals surface area contributed by atoms with Crippen molar-refractivity contribution in [3.05, 3.63) is 42.4 Å². The Morgan fingerprint density at radius 1 is 1.39 bits per heavy atom. The molecule has 0 fully saturated rings. The first-order valence-corrected chi connectivity index (χ1v) is 5.82. The van der Waals surface area contributed by atoms with E-state index in [0.717, 1.165) is 5.82 Å². The number of hydrogen-bond donors (Lipinski definition) is 1. The van der Waals surface area contributed by atoms with Gasteiger partial charge in [0, 0.05) is 24.6 Å². The molecule has 0 amide bonds. The van der Waals surface area contributed by atoms with Gasteiger partial charge in [-0.25, -0.2) is 4.98 Å². The lowest BCUT2D eigenvalue weighted by Gasteiger charge is -2.22. The normalized spacial score (nSPS) is 13.6. The summed E-state index contributed by atoms with van der Waals surface area (Å²) in [7, 11) is 0. The zero-order chi connectivity index (χ0) is 13.0. The first-order valence-electron chi connectivity index (χ1n) is 5.82. The van der Waals surface area contributed by atoms with E-state index >= 15 is 0 Å². The van der Waals surface area contributed by atoms with Gasteiger partial charge in [0.15, 0.2) is 0 Å². The van der Waals surface area contributed by atoms with Crippen molar-refractivity contribution < 1.29 is 0 Å². The van der Waals surface area contributed by atoms with Crippen LogP contribution in [0, 0.1) is 11.3 Å². The molecule has 0 radical (unpaired) electrons. The minimum absolute atomic E-state index is 0.185. The average molecular weight is 241 g/mol. The molecule has 0 aliphatic heterocycles. The van der Waals surface area contributed by atoms with Gasteiger partial charge in [0.2, 0.25) is 0 Å². The van der Waals surface area contributed by atoms with Gasteiger partial charge in [-0.3, -0.25) is 4.68 Å². The molecule has 2 rings (SSSR count). The third-order valence-electron chi connectivity index (χ3n) is 2.93. The van der Waals surface area contributed by atoms with E-state index in [9.17, 15) is 0 Å². The quantitative estimate of drug-likeness (QED) is 0.891. The zero-order valence-electron chi connectivity index (χ0n) is 10.4. The average Bonchev–Trinajstić information content (AvgIpc) is 2.92. The molecule has 0 aliphatic rings. The highest BCUT2D eigenvalue weighted by Gasteiger charge is 2.14. The Morgan fingerprint density at radius 3 is 2.78 bits per heavy atom. The van der Waals surface area contributed by atoms with Crippen molar-refractivity contribution in [3.8, 4) is 6.07 Å². The number of nitrogens with zero attached hydrogens (tertiary/aromatic N) is 4. The van der Waals surface area contributed by atoms with Crippen molar-refractivity contribution >= 4 is 5.82 Å². The van der Waals surface area contributed by atoms with Crippen molar-refractivity contribution in [2.45, 2.75) is 25.9 Å². The second-order valence-electron chi connectivity index (χ2n) is 4.20. The minimum atomic E-state index is 0.185. The SMILES string of the molecule is C[C@@H](Nc1ccc(C#N)cn1)[C@H](C)n1cccn1. The van der Waals surface area contributed by atoms with Crippen LogP contribution in [0.1, 0.15) is 25.5 Å². The van der Waals surface area contributed by atoms with Crippen LogP contribution in [0.15, 0.2) is 36.8 Å². The third-order valence-corrected chi connectivity index (χ3v) is 2.93. The molecule has 0 saturated carbocycles. The van der Waals surface area contributed by atoms with E-state index in [1.54, 1.807) is 18.5 Å². The molecule has 5 nitrogen and oxygen atoms in total. The van der Waals surface area contributed by atoms with Crippen LogP contribution in [0.25, 0.3) is 0 Å². The summed E-state index contributed by atoms with van der Waals surface area (Å²) in [6.07, 6.45) is 5.27. The van der Waals surface area contributed by atoms with Gasteiger partial charge in [0.05, 0.1) is 11.6 Å². The number of aromatic nitrogens is 3. The molecule has 1 N–H and O–H groups in total. The summed E-state index contributed by atoms with van der Waals surface area (Å²) in [6, 6.07) is 7.92. The predicted octanol–water partition coefficient (Wildman–Crippen LogP) is 2.21. The van der Waals surface area contributed by atoms with E-state index < -0.39 is 0 Å². The number of hydrogen-bond acceptors (Lipinski definition) is 4. The van der Waals surface area contributed by atoms with Gasteiger partial charge in [-0.05, 0) is 32.0 Å². The second kappa shape index (κ2) is 5.32. The molecule has 0 bridgehead atoms. The topological polar surface area (TPSA) is 66.5 Å². The van der Waals surface area contributed by atoms with Crippen LogP contribution < -0.4 is 5.32 Å². The molecule has 0 aromatic carbocycles. The third kappa shape index (κ3) is 2.66. The highest BCUT2D eigenvalue weighted by molar-refractivity contribution is 5.39. The lowest BCUT2D eigenvalue weighted by atomic mass is 10.1. The fraction of sp³-hybridized carbons (Fsp3) is 0.308. The second-order valence-corrected chi connectivity index (χ2v) is 4.20. The van der Waals surface area contributed by atoms with Crippen molar-refractivity contribution in [2.24, 2.45) is 0 Å². The lowest BCUT2D eigenvalue weighted by Crippen LogP contribution is -2.27. The summed E-state index contributed by atoms with van der Waals surface area (Å²) in [4.78, 5) is 4.19. The molecule has 18 heavy (non-hydrogen) atoms. The van der Waals surface area contributed by atoms with Gasteiger partial charge in [0.25, 0.3) is 0 Å². The number of nitriles is 1. The first-order chi connectivity index (χ1) is 8.70. The highest BCUT2D eigenvalue weighted by atomic mass is 15.3. The number of nitrogens with one attached hydrogen (secondary N) is 1. The Balaban J connectivity index is 2.02. The molecule has 2 aromatic heterocycles. The molecule has 0 saturated heterocycles. The largest absolute Gasteiger partial charge is 0.365 e. The number of rotatable bonds is 4. The number of anilines is 1. The zero-order valence-corrected chi connectivity index (χ0v) is 10.4. The van der Waals surface area contributed by atoms with E-state index in [2.05, 4.69) is 29.2 Å². The Hall–Kier alpha value is -2.35. The first kappa shape index (κ1) is 12.1. The molecule has 0 aliphatic carbocycles. The monoisotopic (exact) mass is 241 g/mol. The maximum Gasteiger partial charge on any atom is 0.126 e. The van der Waals surface area contributed by atoms with Crippen LogP contribution in [0.3, 0.4) is 0 Å². The van der Waals surface area contributed by atoms with Crippen molar-refractivity contribution in [2.75, 3.05) is 5.32 Å². The predicted molar refractivity (Wildman–Crippen MR) is 69.0 cm³/mol. The molecule has 2 atom stereocenters. The minimum Gasteiger partial charge on any atom is -0.365 e. The van der Waals surface area contributed by atoms with Crippen LogP contribution >= 0.6 is 0 Å². The van der Waals surface area contributed by atoms with Crippen LogP contribution in [-0.4, -0.2) is 20.8 Å².